The third-order valence-electron chi connectivity index (χ3n) is 2.28. The molecular weight excluding hydrogens is 150 g/mol. The van der Waals surface area contributed by atoms with Gasteiger partial charge >= 0.3 is 0 Å². The normalized spacial score (nSPS) is 30.0. The van der Waals surface area contributed by atoms with Crippen molar-refractivity contribution >= 4 is 0 Å². The Balaban J connectivity index is 2.16. The Bertz CT molecular complexity index is 125. The summed E-state index contributed by atoms with van der Waals surface area (Å²) in [7, 11) is 0. The summed E-state index contributed by atoms with van der Waals surface area (Å²) in [6.45, 7) is 7.49. The van der Waals surface area contributed by atoms with Crippen LogP contribution in [-0.4, -0.2) is 24.8 Å². The quantitative estimate of drug-likeness (QED) is 0.698. The molecule has 0 unspecified atom stereocenters. The van der Waals surface area contributed by atoms with E-state index in [0.717, 1.165) is 6.54 Å². The molecule has 72 valence electrons. The zero-order valence-corrected chi connectivity index (χ0v) is 8.47. The number of hydrogen-bond donors (Lipinski definition) is 1. The number of ether oxygens (including phenoxy) is 1. The van der Waals surface area contributed by atoms with E-state index in [4.69, 9.17) is 4.74 Å². The number of nitrogens with one attached hydrogen (secondary N) is 1. The minimum absolute atomic E-state index is 0.372. The van der Waals surface area contributed by atoms with Gasteiger partial charge in [-0.05, 0) is 26.7 Å². The van der Waals surface area contributed by atoms with Crippen molar-refractivity contribution in [1.29, 1.82) is 0 Å². The van der Waals surface area contributed by atoms with Crippen LogP contribution in [0.25, 0.3) is 0 Å². The van der Waals surface area contributed by atoms with Gasteiger partial charge in [-0.1, -0.05) is 13.3 Å². The van der Waals surface area contributed by atoms with Crippen molar-refractivity contribution in [3.05, 3.63) is 0 Å². The maximum absolute atomic E-state index is 5.73. The molecule has 0 saturated carbocycles. The summed E-state index contributed by atoms with van der Waals surface area (Å²) >= 11 is 0. The summed E-state index contributed by atoms with van der Waals surface area (Å²) in [5.74, 6) is 0. The van der Waals surface area contributed by atoms with Crippen molar-refractivity contribution in [1.82, 2.24) is 5.32 Å². The molecule has 1 heterocycles. The molecule has 0 aromatic heterocycles. The fourth-order valence-electron chi connectivity index (χ4n) is 1.84. The van der Waals surface area contributed by atoms with Gasteiger partial charge < -0.3 is 10.1 Å². The largest absolute Gasteiger partial charge is 0.374 e. The van der Waals surface area contributed by atoms with E-state index in [-0.39, 0.29) is 0 Å². The van der Waals surface area contributed by atoms with Crippen LogP contribution in [0, 0.1) is 0 Å². The standard InChI is InChI=1S/C10H21NO/c1-4-5-9-6-10(7-11-9)12-8(2)3/h8-11H,4-7H2,1-3H3/t9-,10-/m1/s1. The summed E-state index contributed by atoms with van der Waals surface area (Å²) in [5, 5.41) is 3.49. The SMILES string of the molecule is CCC[C@@H]1C[C@@H](OC(C)C)CN1. The molecule has 1 rings (SSSR count). The van der Waals surface area contributed by atoms with Crippen molar-refractivity contribution in [2.75, 3.05) is 6.54 Å². The Morgan fingerprint density at radius 3 is 2.83 bits per heavy atom. The molecule has 2 atom stereocenters. The van der Waals surface area contributed by atoms with Crippen molar-refractivity contribution in [2.45, 2.75) is 58.3 Å². The number of hydrogen-bond acceptors (Lipinski definition) is 2. The molecule has 0 aromatic rings. The Kier molecular flexibility index (Phi) is 4.02. The van der Waals surface area contributed by atoms with E-state index in [1.165, 1.54) is 19.3 Å². The van der Waals surface area contributed by atoms with Gasteiger partial charge in [0.05, 0.1) is 12.2 Å². The van der Waals surface area contributed by atoms with Gasteiger partial charge in [0.2, 0.25) is 0 Å². The van der Waals surface area contributed by atoms with Gasteiger partial charge in [0.25, 0.3) is 0 Å². The van der Waals surface area contributed by atoms with Gasteiger partial charge in [0.15, 0.2) is 0 Å². The monoisotopic (exact) mass is 171 g/mol. The zero-order valence-electron chi connectivity index (χ0n) is 8.47. The molecule has 1 N–H and O–H groups in total. The molecule has 2 nitrogen and oxygen atoms in total. The molecule has 12 heavy (non-hydrogen) atoms. The minimum atomic E-state index is 0.372. The Labute approximate surface area is 75.7 Å². The smallest absolute Gasteiger partial charge is 0.0717 e. The third-order valence-corrected chi connectivity index (χ3v) is 2.28. The van der Waals surface area contributed by atoms with Crippen molar-refractivity contribution in [2.24, 2.45) is 0 Å². The van der Waals surface area contributed by atoms with E-state index < -0.39 is 0 Å². The molecule has 0 aliphatic carbocycles. The minimum Gasteiger partial charge on any atom is -0.374 e. The first-order chi connectivity index (χ1) is 5.72. The average molecular weight is 171 g/mol. The van der Waals surface area contributed by atoms with Crippen molar-refractivity contribution in [3.8, 4) is 0 Å². The first-order valence-electron chi connectivity index (χ1n) is 5.11. The Hall–Kier alpha value is -0.0800. The zero-order chi connectivity index (χ0) is 8.97. The van der Waals surface area contributed by atoms with Gasteiger partial charge in [-0.2, -0.15) is 0 Å². The van der Waals surface area contributed by atoms with E-state index in [1.54, 1.807) is 0 Å². The van der Waals surface area contributed by atoms with Crippen LogP contribution in [0.1, 0.15) is 40.0 Å². The second kappa shape index (κ2) is 4.83. The average Bonchev–Trinajstić information content (AvgIpc) is 2.36. The molecule has 0 radical (unpaired) electrons. The lowest BCUT2D eigenvalue weighted by atomic mass is 10.1. The molecule has 1 aliphatic rings. The summed E-state index contributed by atoms with van der Waals surface area (Å²) in [6, 6.07) is 0.707. The van der Waals surface area contributed by atoms with Crippen LogP contribution in [0.3, 0.4) is 0 Å². The van der Waals surface area contributed by atoms with Gasteiger partial charge in [-0.3, -0.25) is 0 Å². The lowest BCUT2D eigenvalue weighted by Gasteiger charge is -2.13. The second-order valence-corrected chi connectivity index (χ2v) is 3.94. The Morgan fingerprint density at radius 2 is 2.25 bits per heavy atom. The van der Waals surface area contributed by atoms with E-state index in [2.05, 4.69) is 26.1 Å². The number of rotatable bonds is 4. The van der Waals surface area contributed by atoms with Crippen LogP contribution in [0.4, 0.5) is 0 Å². The Morgan fingerprint density at radius 1 is 1.50 bits per heavy atom. The summed E-state index contributed by atoms with van der Waals surface area (Å²) in [6.07, 6.45) is 4.59. The van der Waals surface area contributed by atoms with Crippen LogP contribution in [-0.2, 0) is 4.74 Å². The van der Waals surface area contributed by atoms with Gasteiger partial charge in [0.1, 0.15) is 0 Å². The highest BCUT2D eigenvalue weighted by Crippen LogP contribution is 2.15. The predicted molar refractivity (Wildman–Crippen MR) is 51.3 cm³/mol. The first kappa shape index (κ1) is 10.0. The van der Waals surface area contributed by atoms with Gasteiger partial charge in [-0.15, -0.1) is 0 Å². The highest BCUT2D eigenvalue weighted by Gasteiger charge is 2.24. The second-order valence-electron chi connectivity index (χ2n) is 3.94. The maximum Gasteiger partial charge on any atom is 0.0717 e. The van der Waals surface area contributed by atoms with E-state index in [9.17, 15) is 0 Å². The summed E-state index contributed by atoms with van der Waals surface area (Å²) < 4.78 is 5.73. The van der Waals surface area contributed by atoms with Crippen LogP contribution >= 0.6 is 0 Å². The van der Waals surface area contributed by atoms with Crippen LogP contribution in [0.2, 0.25) is 0 Å². The topological polar surface area (TPSA) is 21.3 Å². The van der Waals surface area contributed by atoms with E-state index in [1.807, 2.05) is 0 Å². The lowest BCUT2D eigenvalue weighted by Crippen LogP contribution is -2.22. The fourth-order valence-corrected chi connectivity index (χ4v) is 1.84. The third kappa shape index (κ3) is 3.11. The molecule has 2 heteroatoms. The summed E-state index contributed by atoms with van der Waals surface area (Å²) in [5.41, 5.74) is 0. The van der Waals surface area contributed by atoms with Gasteiger partial charge in [-0.25, -0.2) is 0 Å². The molecule has 0 bridgehead atoms. The van der Waals surface area contributed by atoms with Crippen molar-refractivity contribution < 1.29 is 4.74 Å². The predicted octanol–water partition coefficient (Wildman–Crippen LogP) is 1.94. The van der Waals surface area contributed by atoms with E-state index in [0.29, 0.717) is 18.2 Å². The molecule has 0 spiro atoms. The molecule has 1 aliphatic heterocycles. The van der Waals surface area contributed by atoms with Crippen LogP contribution < -0.4 is 5.32 Å². The molecule has 1 fully saturated rings. The van der Waals surface area contributed by atoms with Crippen molar-refractivity contribution in [3.63, 3.8) is 0 Å². The molecule has 0 aromatic carbocycles. The highest BCUT2D eigenvalue weighted by molar-refractivity contribution is 4.82. The van der Waals surface area contributed by atoms with E-state index >= 15 is 0 Å². The van der Waals surface area contributed by atoms with Crippen LogP contribution in [0.5, 0.6) is 0 Å². The molecule has 0 amide bonds. The molecular formula is C10H21NO. The van der Waals surface area contributed by atoms with Gasteiger partial charge in [0, 0.05) is 12.6 Å². The summed E-state index contributed by atoms with van der Waals surface area (Å²) in [4.78, 5) is 0. The first-order valence-corrected chi connectivity index (χ1v) is 5.11. The lowest BCUT2D eigenvalue weighted by molar-refractivity contribution is 0.0186. The maximum atomic E-state index is 5.73. The molecule has 1 saturated heterocycles. The fraction of sp³-hybridized carbons (Fsp3) is 1.00. The highest BCUT2D eigenvalue weighted by atomic mass is 16.5. The van der Waals surface area contributed by atoms with Crippen LogP contribution in [0.15, 0.2) is 0 Å².